The zero-order valence-corrected chi connectivity index (χ0v) is 11.0. The van der Waals surface area contributed by atoms with Gasteiger partial charge in [-0.1, -0.05) is 13.0 Å². The van der Waals surface area contributed by atoms with E-state index in [2.05, 4.69) is 0 Å². The molecule has 0 unspecified atom stereocenters. The predicted octanol–water partition coefficient (Wildman–Crippen LogP) is 1.94. The Hall–Kier alpha value is -1.84. The van der Waals surface area contributed by atoms with Gasteiger partial charge in [0.25, 0.3) is 5.91 Å². The number of amides is 2. The van der Waals surface area contributed by atoms with Crippen LogP contribution in [0.2, 0.25) is 0 Å². The molecule has 4 nitrogen and oxygen atoms in total. The molecule has 0 atom stereocenters. The van der Waals surface area contributed by atoms with Gasteiger partial charge in [0.1, 0.15) is 0 Å². The summed E-state index contributed by atoms with van der Waals surface area (Å²) >= 11 is 0. The Kier molecular flexibility index (Phi) is 2.89. The minimum atomic E-state index is -0.674. The van der Waals surface area contributed by atoms with Crippen molar-refractivity contribution in [2.75, 3.05) is 12.3 Å². The van der Waals surface area contributed by atoms with Crippen molar-refractivity contribution in [1.82, 2.24) is 4.90 Å². The van der Waals surface area contributed by atoms with Crippen LogP contribution in [0.3, 0.4) is 0 Å². The van der Waals surface area contributed by atoms with Gasteiger partial charge in [-0.2, -0.15) is 0 Å². The summed E-state index contributed by atoms with van der Waals surface area (Å²) in [7, 11) is 0. The molecule has 1 heterocycles. The molecule has 0 radical (unpaired) electrons. The highest BCUT2D eigenvalue weighted by molar-refractivity contribution is 6.13. The van der Waals surface area contributed by atoms with Crippen molar-refractivity contribution in [3.05, 3.63) is 29.3 Å². The summed E-state index contributed by atoms with van der Waals surface area (Å²) in [6.45, 7) is 6.09. The van der Waals surface area contributed by atoms with E-state index in [1.54, 1.807) is 18.2 Å². The van der Waals surface area contributed by atoms with Crippen LogP contribution in [0, 0.1) is 0 Å². The van der Waals surface area contributed by atoms with Crippen LogP contribution in [0.5, 0.6) is 0 Å². The number of nitrogen functional groups attached to an aromatic ring is 1. The van der Waals surface area contributed by atoms with E-state index < -0.39 is 5.41 Å². The Morgan fingerprint density at radius 1 is 1.28 bits per heavy atom. The van der Waals surface area contributed by atoms with E-state index >= 15 is 0 Å². The number of benzene rings is 1. The molecule has 96 valence electrons. The van der Waals surface area contributed by atoms with E-state index in [1.807, 2.05) is 20.8 Å². The van der Waals surface area contributed by atoms with E-state index in [1.165, 1.54) is 4.90 Å². The van der Waals surface area contributed by atoms with Crippen LogP contribution in [-0.2, 0) is 10.2 Å². The molecule has 0 spiro atoms. The highest BCUT2D eigenvalue weighted by Gasteiger charge is 2.43. The second-order valence-electron chi connectivity index (χ2n) is 5.19. The van der Waals surface area contributed by atoms with Crippen LogP contribution >= 0.6 is 0 Å². The molecule has 0 saturated carbocycles. The van der Waals surface area contributed by atoms with E-state index in [9.17, 15) is 9.59 Å². The van der Waals surface area contributed by atoms with Gasteiger partial charge in [0, 0.05) is 17.8 Å². The number of nitrogens with two attached hydrogens (primary N) is 1. The number of nitrogens with zero attached hydrogens (tertiary/aromatic N) is 1. The molecule has 0 saturated heterocycles. The van der Waals surface area contributed by atoms with Gasteiger partial charge in [0.05, 0.1) is 5.41 Å². The first-order valence-electron chi connectivity index (χ1n) is 6.16. The Morgan fingerprint density at radius 2 is 1.94 bits per heavy atom. The monoisotopic (exact) mass is 246 g/mol. The first-order chi connectivity index (χ1) is 8.39. The molecule has 0 aliphatic carbocycles. The molecule has 2 rings (SSSR count). The van der Waals surface area contributed by atoms with Crippen LogP contribution in [0.25, 0.3) is 0 Å². The Bertz CT molecular complexity index is 521. The topological polar surface area (TPSA) is 63.4 Å². The van der Waals surface area contributed by atoms with Gasteiger partial charge in [-0.25, -0.2) is 0 Å². The van der Waals surface area contributed by atoms with Crippen LogP contribution < -0.4 is 5.73 Å². The largest absolute Gasteiger partial charge is 0.399 e. The Morgan fingerprint density at radius 3 is 2.56 bits per heavy atom. The zero-order valence-electron chi connectivity index (χ0n) is 11.0. The molecular weight excluding hydrogens is 228 g/mol. The lowest BCUT2D eigenvalue weighted by atomic mass is 9.77. The van der Waals surface area contributed by atoms with Gasteiger partial charge in [0.15, 0.2) is 0 Å². The summed E-state index contributed by atoms with van der Waals surface area (Å²) in [4.78, 5) is 26.0. The van der Waals surface area contributed by atoms with Gasteiger partial charge < -0.3 is 5.73 Å². The van der Waals surface area contributed by atoms with Crippen LogP contribution in [0.1, 0.15) is 43.1 Å². The molecule has 0 fully saturated rings. The number of carbonyl (C=O) groups is 2. The first-order valence-corrected chi connectivity index (χ1v) is 6.16. The second kappa shape index (κ2) is 4.12. The molecule has 4 heteroatoms. The third-order valence-electron chi connectivity index (χ3n) is 3.42. The first kappa shape index (κ1) is 12.6. The SMILES string of the molecule is CCCN1C(=O)c2cc(N)ccc2C(C)(C)C1=O. The maximum absolute atomic E-state index is 12.4. The lowest BCUT2D eigenvalue weighted by Gasteiger charge is -2.37. The lowest BCUT2D eigenvalue weighted by Crippen LogP contribution is -2.51. The van der Waals surface area contributed by atoms with Crippen molar-refractivity contribution in [1.29, 1.82) is 0 Å². The zero-order chi connectivity index (χ0) is 13.5. The number of hydrogen-bond acceptors (Lipinski definition) is 3. The van der Waals surface area contributed by atoms with E-state index in [4.69, 9.17) is 5.73 Å². The van der Waals surface area contributed by atoms with Gasteiger partial charge in [0.2, 0.25) is 5.91 Å². The van der Waals surface area contributed by atoms with Crippen molar-refractivity contribution in [2.24, 2.45) is 0 Å². The van der Waals surface area contributed by atoms with Crippen LogP contribution in [-0.4, -0.2) is 23.3 Å². The van der Waals surface area contributed by atoms with Crippen molar-refractivity contribution < 1.29 is 9.59 Å². The number of anilines is 1. The van der Waals surface area contributed by atoms with Crippen molar-refractivity contribution in [3.8, 4) is 0 Å². The molecule has 2 N–H and O–H groups in total. The van der Waals surface area contributed by atoms with Crippen LogP contribution in [0.15, 0.2) is 18.2 Å². The van der Waals surface area contributed by atoms with Gasteiger partial charge in [-0.05, 0) is 38.0 Å². The highest BCUT2D eigenvalue weighted by Crippen LogP contribution is 2.35. The normalized spacial score (nSPS) is 17.8. The van der Waals surface area contributed by atoms with Crippen molar-refractivity contribution in [3.63, 3.8) is 0 Å². The highest BCUT2D eigenvalue weighted by atomic mass is 16.2. The molecular formula is C14H18N2O2. The maximum atomic E-state index is 12.4. The molecule has 0 aromatic heterocycles. The standard InChI is InChI=1S/C14H18N2O2/c1-4-7-16-12(17)10-8-9(15)5-6-11(10)14(2,3)13(16)18/h5-6,8H,4,7,15H2,1-3H3. The number of hydrogen-bond donors (Lipinski definition) is 1. The van der Waals surface area contributed by atoms with Crippen molar-refractivity contribution >= 4 is 17.5 Å². The summed E-state index contributed by atoms with van der Waals surface area (Å²) in [5.41, 5.74) is 6.91. The van der Waals surface area contributed by atoms with Crippen molar-refractivity contribution in [2.45, 2.75) is 32.6 Å². The smallest absolute Gasteiger partial charge is 0.260 e. The predicted molar refractivity (Wildman–Crippen MR) is 70.2 cm³/mol. The Balaban J connectivity index is 2.61. The number of rotatable bonds is 2. The summed E-state index contributed by atoms with van der Waals surface area (Å²) in [6, 6.07) is 5.18. The molecule has 1 aromatic carbocycles. The van der Waals surface area contributed by atoms with Crippen LogP contribution in [0.4, 0.5) is 5.69 Å². The Labute approximate surface area is 107 Å². The summed E-state index contributed by atoms with van der Waals surface area (Å²) < 4.78 is 0. The number of fused-ring (bicyclic) bond motifs is 1. The second-order valence-corrected chi connectivity index (χ2v) is 5.19. The maximum Gasteiger partial charge on any atom is 0.260 e. The number of carbonyl (C=O) groups excluding carboxylic acids is 2. The number of imide groups is 1. The fourth-order valence-corrected chi connectivity index (χ4v) is 2.40. The minimum Gasteiger partial charge on any atom is -0.399 e. The average molecular weight is 246 g/mol. The molecule has 0 bridgehead atoms. The molecule has 1 aromatic rings. The third-order valence-corrected chi connectivity index (χ3v) is 3.42. The quantitative estimate of drug-likeness (QED) is 0.640. The molecule has 18 heavy (non-hydrogen) atoms. The minimum absolute atomic E-state index is 0.133. The molecule has 1 aliphatic heterocycles. The average Bonchev–Trinajstić information content (AvgIpc) is 2.32. The summed E-state index contributed by atoms with van der Waals surface area (Å²) in [5.74, 6) is -0.366. The van der Waals surface area contributed by atoms with Gasteiger partial charge in [-0.15, -0.1) is 0 Å². The van der Waals surface area contributed by atoms with E-state index in [-0.39, 0.29) is 11.8 Å². The lowest BCUT2D eigenvalue weighted by molar-refractivity contribution is -0.134. The summed E-state index contributed by atoms with van der Waals surface area (Å²) in [6.07, 6.45) is 0.755. The fourth-order valence-electron chi connectivity index (χ4n) is 2.40. The van der Waals surface area contributed by atoms with Gasteiger partial charge >= 0.3 is 0 Å². The molecule has 2 amide bonds. The van der Waals surface area contributed by atoms with E-state index in [0.717, 1.165) is 12.0 Å². The fraction of sp³-hybridized carbons (Fsp3) is 0.429. The van der Waals surface area contributed by atoms with Gasteiger partial charge in [-0.3, -0.25) is 14.5 Å². The summed E-state index contributed by atoms with van der Waals surface area (Å²) in [5, 5.41) is 0. The van der Waals surface area contributed by atoms with E-state index in [0.29, 0.717) is 17.8 Å². The third kappa shape index (κ3) is 1.68. The molecule has 1 aliphatic rings.